The fraction of sp³-hybridized carbons (Fsp3) is 0.0800. The van der Waals surface area contributed by atoms with Gasteiger partial charge < -0.3 is 5.32 Å². The molecule has 0 fully saturated rings. The summed E-state index contributed by atoms with van der Waals surface area (Å²) in [4.78, 5) is 30.9. The van der Waals surface area contributed by atoms with Crippen LogP contribution in [0.2, 0.25) is 5.02 Å². The Kier molecular flexibility index (Phi) is 6.36. The van der Waals surface area contributed by atoms with Crippen LogP contribution >= 0.6 is 34.7 Å². The summed E-state index contributed by atoms with van der Waals surface area (Å²) >= 11 is 8.94. The molecule has 0 aliphatic heterocycles. The molecule has 0 bridgehead atoms. The lowest BCUT2D eigenvalue weighted by atomic mass is 10.2. The van der Waals surface area contributed by atoms with E-state index >= 15 is 0 Å². The van der Waals surface area contributed by atoms with E-state index in [1.54, 1.807) is 10.6 Å². The number of aromatic nitrogens is 2. The zero-order valence-electron chi connectivity index (χ0n) is 17.6. The van der Waals surface area contributed by atoms with Gasteiger partial charge in [-0.3, -0.25) is 14.2 Å². The summed E-state index contributed by atoms with van der Waals surface area (Å²) in [7, 11) is 0. The zero-order chi connectivity index (χ0) is 23.7. The summed E-state index contributed by atoms with van der Waals surface area (Å²) in [5.41, 5.74) is 1.73. The van der Waals surface area contributed by atoms with Crippen LogP contribution in [-0.4, -0.2) is 21.2 Å². The molecule has 9 heteroatoms. The van der Waals surface area contributed by atoms with Crippen LogP contribution in [0.1, 0.15) is 5.56 Å². The number of carbonyl (C=O) groups excluding carboxylic acids is 1. The summed E-state index contributed by atoms with van der Waals surface area (Å²) in [6, 6.07) is 20.6. The molecule has 1 amide bonds. The highest BCUT2D eigenvalue weighted by Gasteiger charge is 2.18. The van der Waals surface area contributed by atoms with E-state index in [9.17, 15) is 14.0 Å². The number of nitrogens with one attached hydrogen (secondary N) is 1. The lowest BCUT2D eigenvalue weighted by Gasteiger charge is -2.13. The number of carbonyl (C=O) groups is 1. The smallest absolute Gasteiger partial charge is 0.272 e. The molecule has 0 radical (unpaired) electrons. The number of fused-ring (bicyclic) bond motifs is 3. The molecule has 0 saturated carbocycles. The van der Waals surface area contributed by atoms with Gasteiger partial charge in [0.15, 0.2) is 5.16 Å². The number of hydrogen-bond donors (Lipinski definition) is 1. The highest BCUT2D eigenvalue weighted by molar-refractivity contribution is 7.99. The molecule has 5 aromatic rings. The standard InChI is InChI=1S/C25H17ClFN3O2S2/c26-19-7-3-1-5-15(19)13-30-24(32)23-22(18-6-2-4-8-20(18)34-23)29-25(30)33-14-21(31)28-17-11-9-16(27)10-12-17/h1-12H,13-14H2,(H,28,31). The quantitative estimate of drug-likeness (QED) is 0.219. The molecular weight excluding hydrogens is 493 g/mol. The van der Waals surface area contributed by atoms with Gasteiger partial charge in [-0.1, -0.05) is 59.8 Å². The molecule has 0 unspecified atom stereocenters. The Morgan fingerprint density at radius 2 is 1.79 bits per heavy atom. The monoisotopic (exact) mass is 509 g/mol. The van der Waals surface area contributed by atoms with Gasteiger partial charge in [-0.15, -0.1) is 11.3 Å². The van der Waals surface area contributed by atoms with Gasteiger partial charge in [-0.2, -0.15) is 0 Å². The van der Waals surface area contributed by atoms with Gasteiger partial charge in [0, 0.05) is 20.8 Å². The fourth-order valence-corrected chi connectivity index (χ4v) is 5.64. The highest BCUT2D eigenvalue weighted by Crippen LogP contribution is 2.32. The number of benzene rings is 3. The first-order chi connectivity index (χ1) is 16.5. The number of anilines is 1. The van der Waals surface area contributed by atoms with Crippen molar-refractivity contribution in [2.75, 3.05) is 11.1 Å². The lowest BCUT2D eigenvalue weighted by molar-refractivity contribution is -0.113. The van der Waals surface area contributed by atoms with Crippen LogP contribution in [0.3, 0.4) is 0 Å². The number of amides is 1. The maximum absolute atomic E-state index is 13.5. The Balaban J connectivity index is 1.52. The van der Waals surface area contributed by atoms with Crippen LogP contribution in [-0.2, 0) is 11.3 Å². The molecule has 34 heavy (non-hydrogen) atoms. The number of nitrogens with zero attached hydrogens (tertiary/aromatic N) is 2. The number of thiophene rings is 1. The van der Waals surface area contributed by atoms with Crippen molar-refractivity contribution in [3.8, 4) is 0 Å². The largest absolute Gasteiger partial charge is 0.325 e. The van der Waals surface area contributed by atoms with Crippen molar-refractivity contribution in [1.82, 2.24) is 9.55 Å². The molecule has 1 N–H and O–H groups in total. The first kappa shape index (κ1) is 22.6. The number of halogens is 2. The molecule has 5 rings (SSSR count). The number of hydrogen-bond acceptors (Lipinski definition) is 5. The van der Waals surface area contributed by atoms with Crippen molar-refractivity contribution in [3.05, 3.63) is 99.6 Å². The van der Waals surface area contributed by atoms with Crippen molar-refractivity contribution in [1.29, 1.82) is 0 Å². The van der Waals surface area contributed by atoms with E-state index in [0.29, 0.717) is 26.1 Å². The molecule has 170 valence electrons. The van der Waals surface area contributed by atoms with Gasteiger partial charge in [0.25, 0.3) is 5.56 Å². The lowest BCUT2D eigenvalue weighted by Crippen LogP contribution is -2.24. The third-order valence-electron chi connectivity index (χ3n) is 5.19. The van der Waals surface area contributed by atoms with Gasteiger partial charge >= 0.3 is 0 Å². The normalized spacial score (nSPS) is 11.2. The Bertz CT molecular complexity index is 1580. The molecule has 0 spiro atoms. The number of thioether (sulfide) groups is 1. The van der Waals surface area contributed by atoms with Crippen molar-refractivity contribution >= 4 is 66.6 Å². The minimum atomic E-state index is -0.378. The van der Waals surface area contributed by atoms with Gasteiger partial charge in [-0.25, -0.2) is 9.37 Å². The van der Waals surface area contributed by atoms with Crippen LogP contribution in [0.4, 0.5) is 10.1 Å². The van der Waals surface area contributed by atoms with Crippen LogP contribution in [0.25, 0.3) is 20.3 Å². The van der Waals surface area contributed by atoms with Gasteiger partial charge in [0.05, 0.1) is 17.8 Å². The van der Waals surface area contributed by atoms with E-state index in [2.05, 4.69) is 5.32 Å². The van der Waals surface area contributed by atoms with Crippen LogP contribution < -0.4 is 10.9 Å². The molecule has 5 nitrogen and oxygen atoms in total. The minimum Gasteiger partial charge on any atom is -0.325 e. The second-order valence-electron chi connectivity index (χ2n) is 7.50. The molecule has 2 heterocycles. The maximum atomic E-state index is 13.5. The fourth-order valence-electron chi connectivity index (χ4n) is 3.56. The second kappa shape index (κ2) is 9.58. The third-order valence-corrected chi connectivity index (χ3v) is 7.69. The van der Waals surface area contributed by atoms with E-state index in [0.717, 1.165) is 15.6 Å². The van der Waals surface area contributed by atoms with Crippen molar-refractivity contribution in [2.45, 2.75) is 11.7 Å². The van der Waals surface area contributed by atoms with Gasteiger partial charge in [-0.05, 0) is 42.0 Å². The second-order valence-corrected chi connectivity index (χ2v) is 9.90. The molecule has 0 aliphatic carbocycles. The molecule has 0 saturated heterocycles. The van der Waals surface area contributed by atoms with Crippen LogP contribution in [0.15, 0.2) is 82.7 Å². The Hall–Kier alpha value is -3.20. The Labute approximate surface area is 207 Å². The van der Waals surface area contributed by atoms with Crippen molar-refractivity contribution in [3.63, 3.8) is 0 Å². The van der Waals surface area contributed by atoms with Crippen LogP contribution in [0.5, 0.6) is 0 Å². The topological polar surface area (TPSA) is 64.0 Å². The molecule has 2 aromatic heterocycles. The zero-order valence-corrected chi connectivity index (χ0v) is 20.0. The predicted octanol–water partition coefficient (Wildman–Crippen LogP) is 6.18. The average molecular weight is 510 g/mol. The predicted molar refractivity (Wildman–Crippen MR) is 138 cm³/mol. The average Bonchev–Trinajstić information content (AvgIpc) is 3.21. The van der Waals surface area contributed by atoms with E-state index in [-0.39, 0.29) is 29.6 Å². The summed E-state index contributed by atoms with van der Waals surface area (Å²) < 4.78 is 16.2. The Morgan fingerprint density at radius 1 is 1.06 bits per heavy atom. The SMILES string of the molecule is O=C(CSc1nc2c(sc3ccccc32)c(=O)n1Cc1ccccc1Cl)Nc1ccc(F)cc1. The van der Waals surface area contributed by atoms with E-state index in [4.69, 9.17) is 16.6 Å². The Morgan fingerprint density at radius 3 is 2.59 bits per heavy atom. The maximum Gasteiger partial charge on any atom is 0.272 e. The molecule has 0 aliphatic rings. The summed E-state index contributed by atoms with van der Waals surface area (Å²) in [6.45, 7) is 0.234. The van der Waals surface area contributed by atoms with E-state index < -0.39 is 0 Å². The van der Waals surface area contributed by atoms with Crippen molar-refractivity contribution in [2.24, 2.45) is 0 Å². The minimum absolute atomic E-state index is 0.0277. The summed E-state index contributed by atoms with van der Waals surface area (Å²) in [5, 5.41) is 4.62. The third kappa shape index (κ3) is 4.57. The first-order valence-corrected chi connectivity index (χ1v) is 12.5. The molecule has 3 aromatic carbocycles. The van der Waals surface area contributed by atoms with Gasteiger partial charge in [0.2, 0.25) is 5.91 Å². The van der Waals surface area contributed by atoms with E-state index in [1.807, 2.05) is 42.5 Å². The highest BCUT2D eigenvalue weighted by atomic mass is 35.5. The summed E-state index contributed by atoms with van der Waals surface area (Å²) in [5.74, 6) is -0.637. The van der Waals surface area contributed by atoms with Crippen LogP contribution in [0, 0.1) is 5.82 Å². The number of rotatable bonds is 6. The first-order valence-electron chi connectivity index (χ1n) is 10.3. The molecular formula is C25H17ClFN3O2S2. The van der Waals surface area contributed by atoms with Gasteiger partial charge in [0.1, 0.15) is 10.5 Å². The van der Waals surface area contributed by atoms with Crippen molar-refractivity contribution < 1.29 is 9.18 Å². The molecule has 0 atom stereocenters. The summed E-state index contributed by atoms with van der Waals surface area (Å²) in [6.07, 6.45) is 0. The van der Waals surface area contributed by atoms with E-state index in [1.165, 1.54) is 47.4 Å².